The largest absolute Gasteiger partial charge is 0.396 e. The fourth-order valence-electron chi connectivity index (χ4n) is 2.08. The van der Waals surface area contributed by atoms with Crippen LogP contribution in [-0.4, -0.2) is 33.9 Å². The Hall–Kier alpha value is -1.36. The second kappa shape index (κ2) is 7.16. The molecular weight excluding hydrogens is 230 g/mol. The first kappa shape index (κ1) is 14.7. The first-order valence-corrected chi connectivity index (χ1v) is 6.41. The van der Waals surface area contributed by atoms with Gasteiger partial charge in [0.25, 0.3) is 5.91 Å². The molecule has 0 fully saturated rings. The Balaban J connectivity index is 2.46. The van der Waals surface area contributed by atoms with E-state index in [1.807, 2.05) is 0 Å². The lowest BCUT2D eigenvalue weighted by Gasteiger charge is -2.18. The van der Waals surface area contributed by atoms with E-state index in [-0.39, 0.29) is 12.5 Å². The summed E-state index contributed by atoms with van der Waals surface area (Å²) in [6.45, 7) is 5.06. The molecule has 0 aliphatic heterocycles. The van der Waals surface area contributed by atoms with E-state index >= 15 is 0 Å². The zero-order valence-electron chi connectivity index (χ0n) is 11.4. The maximum atomic E-state index is 11.9. The van der Waals surface area contributed by atoms with Crippen molar-refractivity contribution in [1.29, 1.82) is 0 Å². The van der Waals surface area contributed by atoms with E-state index in [0.717, 1.165) is 12.8 Å². The van der Waals surface area contributed by atoms with Gasteiger partial charge in [-0.1, -0.05) is 13.8 Å². The number of nitrogens with zero attached hydrogens (tertiary/aromatic N) is 2. The van der Waals surface area contributed by atoms with E-state index in [1.165, 1.54) is 0 Å². The van der Waals surface area contributed by atoms with E-state index in [2.05, 4.69) is 24.3 Å². The van der Waals surface area contributed by atoms with Crippen molar-refractivity contribution in [3.8, 4) is 0 Å². The number of hydrogen-bond donors (Lipinski definition) is 2. The predicted octanol–water partition coefficient (Wildman–Crippen LogP) is 1.19. The number of nitrogens with one attached hydrogen (secondary N) is 1. The summed E-state index contributed by atoms with van der Waals surface area (Å²) in [5.74, 6) is 0.782. The Morgan fingerprint density at radius 3 is 2.78 bits per heavy atom. The molecule has 102 valence electrons. The third-order valence-electron chi connectivity index (χ3n) is 2.95. The maximum Gasteiger partial charge on any atom is 0.269 e. The highest BCUT2D eigenvalue weighted by molar-refractivity contribution is 5.92. The van der Waals surface area contributed by atoms with Gasteiger partial charge in [0.1, 0.15) is 5.69 Å². The molecule has 5 heteroatoms. The van der Waals surface area contributed by atoms with Crippen molar-refractivity contribution in [3.05, 3.63) is 18.0 Å². The number of aliphatic hydroxyl groups excluding tert-OH is 1. The highest BCUT2D eigenvalue weighted by Crippen LogP contribution is 2.14. The zero-order valence-corrected chi connectivity index (χ0v) is 11.4. The van der Waals surface area contributed by atoms with Gasteiger partial charge < -0.3 is 10.4 Å². The molecule has 0 aliphatic carbocycles. The second-order valence-corrected chi connectivity index (χ2v) is 5.06. The first-order valence-electron chi connectivity index (χ1n) is 6.41. The molecule has 18 heavy (non-hydrogen) atoms. The second-order valence-electron chi connectivity index (χ2n) is 5.06. The molecule has 1 unspecified atom stereocenters. The molecule has 0 aromatic carbocycles. The lowest BCUT2D eigenvalue weighted by Crippen LogP contribution is -2.31. The van der Waals surface area contributed by atoms with Crippen LogP contribution >= 0.6 is 0 Å². The summed E-state index contributed by atoms with van der Waals surface area (Å²) in [7, 11) is 1.74. The standard InChI is InChI=1S/C13H23N3O2/c1-10(2)8-11(5-7-17)9-14-13(18)12-4-6-15-16(12)3/h4,6,10-11,17H,5,7-9H2,1-3H3,(H,14,18). The SMILES string of the molecule is CC(C)CC(CCO)CNC(=O)c1ccnn1C. The van der Waals surface area contributed by atoms with Crippen LogP contribution in [0.1, 0.15) is 37.2 Å². The van der Waals surface area contributed by atoms with Crippen LogP contribution in [0.25, 0.3) is 0 Å². The minimum Gasteiger partial charge on any atom is -0.396 e. The fraction of sp³-hybridized carbons (Fsp3) is 0.692. The van der Waals surface area contributed by atoms with E-state index < -0.39 is 0 Å². The molecule has 1 aromatic rings. The van der Waals surface area contributed by atoms with Crippen molar-refractivity contribution in [2.45, 2.75) is 26.7 Å². The Morgan fingerprint density at radius 2 is 2.28 bits per heavy atom. The Labute approximate surface area is 108 Å². The van der Waals surface area contributed by atoms with Crippen LogP contribution in [0.4, 0.5) is 0 Å². The van der Waals surface area contributed by atoms with Gasteiger partial charge in [-0.25, -0.2) is 0 Å². The molecule has 0 saturated heterocycles. The number of carbonyl (C=O) groups is 1. The summed E-state index contributed by atoms with van der Waals surface area (Å²) in [5, 5.41) is 15.9. The van der Waals surface area contributed by atoms with Crippen molar-refractivity contribution in [2.24, 2.45) is 18.9 Å². The number of rotatable bonds is 7. The van der Waals surface area contributed by atoms with Crippen molar-refractivity contribution in [2.75, 3.05) is 13.2 Å². The van der Waals surface area contributed by atoms with Gasteiger partial charge in [-0.3, -0.25) is 9.48 Å². The molecule has 2 N–H and O–H groups in total. The van der Waals surface area contributed by atoms with E-state index in [0.29, 0.717) is 24.1 Å². The van der Waals surface area contributed by atoms with Crippen LogP contribution in [0.5, 0.6) is 0 Å². The van der Waals surface area contributed by atoms with Gasteiger partial charge in [0, 0.05) is 26.4 Å². The highest BCUT2D eigenvalue weighted by Gasteiger charge is 2.14. The van der Waals surface area contributed by atoms with Crippen LogP contribution in [0.2, 0.25) is 0 Å². The van der Waals surface area contributed by atoms with E-state index in [1.54, 1.807) is 24.0 Å². The van der Waals surface area contributed by atoms with Crippen molar-refractivity contribution >= 4 is 5.91 Å². The number of hydrogen-bond acceptors (Lipinski definition) is 3. The Kier molecular flexibility index (Phi) is 5.85. The van der Waals surface area contributed by atoms with Crippen LogP contribution < -0.4 is 5.32 Å². The fourth-order valence-corrected chi connectivity index (χ4v) is 2.08. The van der Waals surface area contributed by atoms with Crippen LogP contribution in [0.15, 0.2) is 12.3 Å². The number of aliphatic hydroxyl groups is 1. The van der Waals surface area contributed by atoms with Gasteiger partial charge >= 0.3 is 0 Å². The summed E-state index contributed by atoms with van der Waals surface area (Å²) < 4.78 is 1.55. The minimum absolute atomic E-state index is 0.110. The molecule has 1 aromatic heterocycles. The lowest BCUT2D eigenvalue weighted by atomic mass is 9.94. The predicted molar refractivity (Wildman–Crippen MR) is 70.2 cm³/mol. The molecular formula is C13H23N3O2. The van der Waals surface area contributed by atoms with Gasteiger partial charge in [0.2, 0.25) is 0 Å². The molecule has 5 nitrogen and oxygen atoms in total. The molecule has 1 atom stereocenters. The molecule has 0 bridgehead atoms. The number of amides is 1. The summed E-state index contributed by atoms with van der Waals surface area (Å²) >= 11 is 0. The number of carbonyl (C=O) groups excluding carboxylic acids is 1. The molecule has 1 rings (SSSR count). The molecule has 0 radical (unpaired) electrons. The molecule has 0 saturated carbocycles. The van der Waals surface area contributed by atoms with E-state index in [9.17, 15) is 4.79 Å². The average molecular weight is 253 g/mol. The van der Waals surface area contributed by atoms with Crippen LogP contribution in [0, 0.1) is 11.8 Å². The maximum absolute atomic E-state index is 11.9. The quantitative estimate of drug-likeness (QED) is 0.767. The van der Waals surface area contributed by atoms with Crippen molar-refractivity contribution in [1.82, 2.24) is 15.1 Å². The molecule has 0 aliphatic rings. The van der Waals surface area contributed by atoms with Gasteiger partial charge in [-0.05, 0) is 30.7 Å². The smallest absolute Gasteiger partial charge is 0.269 e. The average Bonchev–Trinajstić information content (AvgIpc) is 2.71. The van der Waals surface area contributed by atoms with Gasteiger partial charge in [0.15, 0.2) is 0 Å². The first-order chi connectivity index (χ1) is 8.54. The normalized spacial score (nSPS) is 12.7. The third-order valence-corrected chi connectivity index (χ3v) is 2.95. The van der Waals surface area contributed by atoms with Gasteiger partial charge in [-0.15, -0.1) is 0 Å². The monoisotopic (exact) mass is 253 g/mol. The molecule has 0 spiro atoms. The van der Waals surface area contributed by atoms with Crippen molar-refractivity contribution in [3.63, 3.8) is 0 Å². The lowest BCUT2D eigenvalue weighted by molar-refractivity contribution is 0.0932. The number of aryl methyl sites for hydroxylation is 1. The van der Waals surface area contributed by atoms with Crippen molar-refractivity contribution < 1.29 is 9.90 Å². The zero-order chi connectivity index (χ0) is 13.5. The topological polar surface area (TPSA) is 67.2 Å². The number of aromatic nitrogens is 2. The van der Waals surface area contributed by atoms with E-state index in [4.69, 9.17) is 5.11 Å². The molecule has 1 amide bonds. The Bertz CT molecular complexity index is 374. The van der Waals surface area contributed by atoms with Gasteiger partial charge in [-0.2, -0.15) is 5.10 Å². The summed E-state index contributed by atoms with van der Waals surface area (Å²) in [5.41, 5.74) is 0.558. The van der Waals surface area contributed by atoms with Crippen LogP contribution in [0.3, 0.4) is 0 Å². The third kappa shape index (κ3) is 4.49. The van der Waals surface area contributed by atoms with Crippen LogP contribution in [-0.2, 0) is 7.05 Å². The summed E-state index contributed by atoms with van der Waals surface area (Å²) in [4.78, 5) is 11.9. The van der Waals surface area contributed by atoms with Gasteiger partial charge in [0.05, 0.1) is 0 Å². The molecule has 1 heterocycles. The Morgan fingerprint density at radius 1 is 1.56 bits per heavy atom. The summed E-state index contributed by atoms with van der Waals surface area (Å²) in [6.07, 6.45) is 3.34. The minimum atomic E-state index is -0.110. The summed E-state index contributed by atoms with van der Waals surface area (Å²) in [6, 6.07) is 1.69. The highest BCUT2D eigenvalue weighted by atomic mass is 16.3.